The quantitative estimate of drug-likeness (QED) is 0.368. The van der Waals surface area contributed by atoms with Gasteiger partial charge in [-0.3, -0.25) is 0 Å². The van der Waals surface area contributed by atoms with E-state index in [0.29, 0.717) is 27.1 Å². The van der Waals surface area contributed by atoms with Gasteiger partial charge >= 0.3 is 0 Å². The molecule has 0 N–H and O–H groups in total. The van der Waals surface area contributed by atoms with E-state index in [9.17, 15) is 0 Å². The second kappa shape index (κ2) is 12.6. The SMILES string of the molecule is CC(C(C)(C)C)C(C)(C)C.CC(C)(C)C(C1CC1)C(C)(C)C.CC(C)(C)Cc1ccc(C(C)(C)C)cc1. The Morgan fingerprint density at radius 1 is 0.568 bits per heavy atom. The highest BCUT2D eigenvalue weighted by Gasteiger charge is 2.44. The van der Waals surface area contributed by atoms with Gasteiger partial charge in [0.15, 0.2) is 0 Å². The Morgan fingerprint density at radius 3 is 1.08 bits per heavy atom. The third-order valence-corrected chi connectivity index (χ3v) is 8.11. The highest BCUT2D eigenvalue weighted by Crippen LogP contribution is 2.53. The van der Waals surface area contributed by atoms with Gasteiger partial charge in [0.25, 0.3) is 0 Å². The normalized spacial score (nSPS) is 15.7. The van der Waals surface area contributed by atoms with Crippen LogP contribution in [0.5, 0.6) is 0 Å². The molecule has 1 fully saturated rings. The lowest BCUT2D eigenvalue weighted by Crippen LogP contribution is -2.34. The summed E-state index contributed by atoms with van der Waals surface area (Å²) < 4.78 is 0. The molecule has 0 bridgehead atoms. The van der Waals surface area contributed by atoms with Gasteiger partial charge in [0.2, 0.25) is 0 Å². The van der Waals surface area contributed by atoms with E-state index < -0.39 is 0 Å². The topological polar surface area (TPSA) is 0 Å². The fourth-order valence-electron chi connectivity index (χ4n) is 6.18. The second-order valence-electron chi connectivity index (χ2n) is 18.7. The van der Waals surface area contributed by atoms with E-state index in [-0.39, 0.29) is 5.41 Å². The molecular weight excluding hydrogens is 444 g/mol. The summed E-state index contributed by atoms with van der Waals surface area (Å²) in [5, 5.41) is 0. The number of benzene rings is 1. The Labute approximate surface area is 236 Å². The smallest absolute Gasteiger partial charge is 0.0132 e. The Kier molecular flexibility index (Phi) is 12.3. The van der Waals surface area contributed by atoms with E-state index in [0.717, 1.165) is 24.2 Å². The molecule has 0 nitrogen and oxygen atoms in total. The van der Waals surface area contributed by atoms with E-state index in [1.54, 1.807) is 0 Å². The van der Waals surface area contributed by atoms with Gasteiger partial charge in [-0.2, -0.15) is 0 Å². The molecule has 218 valence electrons. The number of rotatable bonds is 2. The van der Waals surface area contributed by atoms with Crippen LogP contribution < -0.4 is 0 Å². The van der Waals surface area contributed by atoms with E-state index in [2.05, 4.69) is 156 Å². The summed E-state index contributed by atoms with van der Waals surface area (Å²) in [5.41, 5.74) is 5.36. The summed E-state index contributed by atoms with van der Waals surface area (Å²) in [6.07, 6.45) is 4.09. The molecule has 1 aromatic rings. The van der Waals surface area contributed by atoms with Crippen LogP contribution in [0.3, 0.4) is 0 Å². The van der Waals surface area contributed by atoms with Crippen molar-refractivity contribution in [3.8, 4) is 0 Å². The standard InChI is InChI=1S/C15H24.C12H24.C10H22/c1-14(2,3)11-12-7-9-13(10-8-12)15(4,5)6;1-11(2,3)10(9-7-8-9)12(4,5)6;1-8(9(2,3)4)10(5,6)7/h7-10H,11H2,1-6H3;9-10H,7-8H2,1-6H3;8H,1-7H3. The fourth-order valence-corrected chi connectivity index (χ4v) is 6.18. The first-order chi connectivity index (χ1) is 16.1. The molecule has 0 radical (unpaired) electrons. The molecule has 1 aliphatic rings. The van der Waals surface area contributed by atoms with Crippen molar-refractivity contribution >= 4 is 0 Å². The number of hydrogen-bond donors (Lipinski definition) is 0. The zero-order valence-electron chi connectivity index (χ0n) is 29.2. The minimum atomic E-state index is 0.264. The number of hydrogen-bond acceptors (Lipinski definition) is 0. The third-order valence-electron chi connectivity index (χ3n) is 8.11. The van der Waals surface area contributed by atoms with E-state index in [4.69, 9.17) is 0 Å². The predicted octanol–water partition coefficient (Wildman–Crippen LogP) is 12.4. The largest absolute Gasteiger partial charge is 0.0615 e. The van der Waals surface area contributed by atoms with E-state index in [1.807, 2.05) is 0 Å². The summed E-state index contributed by atoms with van der Waals surface area (Å²) >= 11 is 0. The molecule has 0 atom stereocenters. The van der Waals surface area contributed by atoms with Crippen LogP contribution >= 0.6 is 0 Å². The van der Waals surface area contributed by atoms with Gasteiger partial charge in [-0.05, 0) is 80.6 Å². The zero-order chi connectivity index (χ0) is 29.8. The molecule has 0 unspecified atom stereocenters. The first-order valence-electron chi connectivity index (χ1n) is 15.2. The van der Waals surface area contributed by atoms with Gasteiger partial charge in [0, 0.05) is 0 Å². The highest BCUT2D eigenvalue weighted by atomic mass is 14.5. The van der Waals surface area contributed by atoms with E-state index >= 15 is 0 Å². The molecule has 0 spiro atoms. The maximum atomic E-state index is 2.39. The van der Waals surface area contributed by atoms with Crippen molar-refractivity contribution < 1.29 is 0 Å². The second-order valence-corrected chi connectivity index (χ2v) is 18.7. The predicted molar refractivity (Wildman–Crippen MR) is 171 cm³/mol. The van der Waals surface area contributed by atoms with Crippen molar-refractivity contribution in [2.45, 2.75) is 156 Å². The molecule has 37 heavy (non-hydrogen) atoms. The average molecular weight is 515 g/mol. The van der Waals surface area contributed by atoms with Gasteiger partial charge in [-0.25, -0.2) is 0 Å². The Hall–Kier alpha value is -0.780. The molecule has 0 heterocycles. The Bertz CT molecular complexity index is 732. The molecule has 0 aliphatic heterocycles. The lowest BCUT2D eigenvalue weighted by Gasteiger charge is -2.41. The Morgan fingerprint density at radius 2 is 0.919 bits per heavy atom. The molecule has 1 aromatic carbocycles. The van der Waals surface area contributed by atoms with Crippen LogP contribution in [0.25, 0.3) is 0 Å². The monoisotopic (exact) mass is 515 g/mol. The van der Waals surface area contributed by atoms with Crippen LogP contribution in [0.4, 0.5) is 0 Å². The molecule has 0 amide bonds. The minimum absolute atomic E-state index is 0.264. The van der Waals surface area contributed by atoms with Crippen molar-refractivity contribution in [3.05, 3.63) is 35.4 Å². The summed E-state index contributed by atoms with van der Waals surface area (Å²) in [6, 6.07) is 9.07. The molecule has 1 aliphatic carbocycles. The summed E-state index contributed by atoms with van der Waals surface area (Å²) in [6.45, 7) is 44.1. The fraction of sp³-hybridized carbons (Fsp3) is 0.838. The lowest BCUT2D eigenvalue weighted by atomic mass is 9.64. The van der Waals surface area contributed by atoms with Crippen molar-refractivity contribution in [2.75, 3.05) is 0 Å². The molecule has 1 saturated carbocycles. The van der Waals surface area contributed by atoms with Crippen molar-refractivity contribution in [1.82, 2.24) is 0 Å². The summed E-state index contributed by atoms with van der Waals surface area (Å²) in [7, 11) is 0. The Balaban J connectivity index is 0.000000538. The molecule has 0 aromatic heterocycles. The van der Waals surface area contributed by atoms with Gasteiger partial charge in [-0.1, -0.05) is 156 Å². The zero-order valence-corrected chi connectivity index (χ0v) is 29.2. The van der Waals surface area contributed by atoms with Gasteiger partial charge in [-0.15, -0.1) is 0 Å². The first kappa shape index (κ1) is 36.2. The van der Waals surface area contributed by atoms with Crippen LogP contribution in [0.1, 0.15) is 156 Å². The van der Waals surface area contributed by atoms with Gasteiger partial charge in [0.1, 0.15) is 0 Å². The van der Waals surface area contributed by atoms with Crippen molar-refractivity contribution in [1.29, 1.82) is 0 Å². The molecule has 0 saturated heterocycles. The molecule has 0 heteroatoms. The maximum absolute atomic E-state index is 2.39. The molecular formula is C37H70. The van der Waals surface area contributed by atoms with Gasteiger partial charge in [0.05, 0.1) is 0 Å². The summed E-state index contributed by atoms with van der Waals surface area (Å²) in [5.74, 6) is 2.68. The van der Waals surface area contributed by atoms with Crippen LogP contribution in [0.2, 0.25) is 0 Å². The molecule has 2 rings (SSSR count). The van der Waals surface area contributed by atoms with Gasteiger partial charge < -0.3 is 0 Å². The maximum Gasteiger partial charge on any atom is -0.0132 e. The van der Waals surface area contributed by atoms with Crippen LogP contribution in [-0.2, 0) is 11.8 Å². The van der Waals surface area contributed by atoms with Crippen molar-refractivity contribution in [3.63, 3.8) is 0 Å². The van der Waals surface area contributed by atoms with E-state index in [1.165, 1.54) is 24.0 Å². The van der Waals surface area contributed by atoms with Crippen LogP contribution in [0, 0.1) is 44.8 Å². The first-order valence-corrected chi connectivity index (χ1v) is 15.2. The van der Waals surface area contributed by atoms with Crippen LogP contribution in [-0.4, -0.2) is 0 Å². The third kappa shape index (κ3) is 14.8. The van der Waals surface area contributed by atoms with Crippen molar-refractivity contribution in [2.24, 2.45) is 44.8 Å². The minimum Gasteiger partial charge on any atom is -0.0615 e. The summed E-state index contributed by atoms with van der Waals surface area (Å²) in [4.78, 5) is 0. The average Bonchev–Trinajstić information content (AvgIpc) is 3.41. The highest BCUT2D eigenvalue weighted by molar-refractivity contribution is 5.28. The lowest BCUT2D eigenvalue weighted by molar-refractivity contribution is 0.0801. The van der Waals surface area contributed by atoms with Crippen LogP contribution in [0.15, 0.2) is 24.3 Å².